The van der Waals surface area contributed by atoms with Gasteiger partial charge in [-0.25, -0.2) is 8.42 Å². The molecule has 1 N–H and O–H groups in total. The first-order chi connectivity index (χ1) is 15.3. The molecule has 33 heavy (non-hydrogen) atoms. The minimum Gasteiger partial charge on any atom is -0.352 e. The first-order valence-electron chi connectivity index (χ1n) is 10.7. The minimum atomic E-state index is -3.75. The number of amides is 2. The maximum atomic E-state index is 13.5. The number of halogens is 1. The summed E-state index contributed by atoms with van der Waals surface area (Å²) in [7, 11) is -3.75. The molecule has 2 amide bonds. The molecular weight excluding hydrogens is 506 g/mol. The van der Waals surface area contributed by atoms with E-state index in [1.54, 1.807) is 13.0 Å². The number of carbonyl (C=O) groups is 2. The summed E-state index contributed by atoms with van der Waals surface area (Å²) in [6, 6.07) is 11.9. The van der Waals surface area contributed by atoms with Gasteiger partial charge in [-0.05, 0) is 63.9 Å². The molecule has 2 rings (SSSR count). The second-order valence-electron chi connectivity index (χ2n) is 8.55. The van der Waals surface area contributed by atoms with Crippen LogP contribution in [0.15, 0.2) is 46.9 Å². The van der Waals surface area contributed by atoms with E-state index in [2.05, 4.69) is 21.2 Å². The zero-order valence-corrected chi connectivity index (χ0v) is 22.3. The summed E-state index contributed by atoms with van der Waals surface area (Å²) < 4.78 is 27.3. The second kappa shape index (κ2) is 11.2. The Hall–Kier alpha value is -2.39. The van der Waals surface area contributed by atoms with Crippen molar-refractivity contribution in [3.63, 3.8) is 0 Å². The highest BCUT2D eigenvalue weighted by Gasteiger charge is 2.30. The van der Waals surface area contributed by atoms with Crippen molar-refractivity contribution in [3.05, 3.63) is 63.6 Å². The average Bonchev–Trinajstić information content (AvgIpc) is 2.70. The predicted molar refractivity (Wildman–Crippen MR) is 136 cm³/mol. The SMILES string of the molecule is Cc1ccc(N(CC(=O)N(Cc2ccc(Br)cc2)[C@H](C)C(=O)NC(C)C)S(C)(=O)=O)c(C)c1. The van der Waals surface area contributed by atoms with E-state index in [-0.39, 0.29) is 18.5 Å². The van der Waals surface area contributed by atoms with Gasteiger partial charge in [0.05, 0.1) is 11.9 Å². The summed E-state index contributed by atoms with van der Waals surface area (Å²) in [6.45, 7) is 8.83. The van der Waals surface area contributed by atoms with Gasteiger partial charge >= 0.3 is 0 Å². The molecule has 0 fully saturated rings. The fourth-order valence-electron chi connectivity index (χ4n) is 3.45. The van der Waals surface area contributed by atoms with Crippen LogP contribution >= 0.6 is 15.9 Å². The van der Waals surface area contributed by atoms with E-state index in [1.807, 2.05) is 64.1 Å². The lowest BCUT2D eigenvalue weighted by Crippen LogP contribution is -2.52. The fourth-order valence-corrected chi connectivity index (χ4v) is 4.63. The number of nitrogens with one attached hydrogen (secondary N) is 1. The number of hydrogen-bond acceptors (Lipinski definition) is 4. The number of sulfonamides is 1. The highest BCUT2D eigenvalue weighted by atomic mass is 79.9. The van der Waals surface area contributed by atoms with Crippen molar-refractivity contribution < 1.29 is 18.0 Å². The van der Waals surface area contributed by atoms with Gasteiger partial charge in [0, 0.05) is 17.1 Å². The summed E-state index contributed by atoms with van der Waals surface area (Å²) >= 11 is 3.39. The molecule has 0 aliphatic rings. The van der Waals surface area contributed by atoms with Crippen LogP contribution in [0.1, 0.15) is 37.5 Å². The third-order valence-corrected chi connectivity index (χ3v) is 6.82. The second-order valence-corrected chi connectivity index (χ2v) is 11.4. The van der Waals surface area contributed by atoms with Crippen LogP contribution in [-0.4, -0.2) is 50.0 Å². The maximum absolute atomic E-state index is 13.5. The molecule has 0 spiro atoms. The molecule has 0 saturated carbocycles. The van der Waals surface area contributed by atoms with E-state index >= 15 is 0 Å². The van der Waals surface area contributed by atoms with Crippen molar-refractivity contribution in [3.8, 4) is 0 Å². The van der Waals surface area contributed by atoms with Crippen molar-refractivity contribution in [2.75, 3.05) is 17.1 Å². The molecule has 7 nitrogen and oxygen atoms in total. The summed E-state index contributed by atoms with van der Waals surface area (Å²) in [4.78, 5) is 27.6. The number of hydrogen-bond donors (Lipinski definition) is 1. The lowest BCUT2D eigenvalue weighted by Gasteiger charge is -2.32. The molecule has 0 radical (unpaired) electrons. The van der Waals surface area contributed by atoms with Gasteiger partial charge in [0.15, 0.2) is 0 Å². The Labute approximate surface area is 205 Å². The Morgan fingerprint density at radius 3 is 2.15 bits per heavy atom. The number of carbonyl (C=O) groups excluding carboxylic acids is 2. The molecule has 180 valence electrons. The number of anilines is 1. The molecule has 0 saturated heterocycles. The van der Waals surface area contributed by atoms with Gasteiger partial charge in [0.25, 0.3) is 0 Å². The van der Waals surface area contributed by atoms with E-state index in [9.17, 15) is 18.0 Å². The molecule has 0 aromatic heterocycles. The molecule has 0 aliphatic heterocycles. The van der Waals surface area contributed by atoms with Gasteiger partial charge in [0.2, 0.25) is 21.8 Å². The Bertz CT molecular complexity index is 1100. The van der Waals surface area contributed by atoms with E-state index in [0.717, 1.165) is 31.7 Å². The largest absolute Gasteiger partial charge is 0.352 e. The van der Waals surface area contributed by atoms with Crippen LogP contribution < -0.4 is 9.62 Å². The van der Waals surface area contributed by atoms with Gasteiger partial charge in [-0.1, -0.05) is 45.8 Å². The third-order valence-electron chi connectivity index (χ3n) is 5.16. The zero-order valence-electron chi connectivity index (χ0n) is 19.9. The van der Waals surface area contributed by atoms with Crippen molar-refractivity contribution in [2.24, 2.45) is 0 Å². The standard InChI is InChI=1S/C24H32BrN3O4S/c1-16(2)26-24(30)19(5)27(14-20-8-10-21(25)11-9-20)23(29)15-28(33(6,31)32)22-12-7-17(3)13-18(22)4/h7-13,16,19H,14-15H2,1-6H3,(H,26,30)/t19-/m1/s1. The summed E-state index contributed by atoms with van der Waals surface area (Å²) in [5.74, 6) is -0.761. The van der Waals surface area contributed by atoms with Crippen molar-refractivity contribution in [2.45, 2.75) is 53.2 Å². The Morgan fingerprint density at radius 2 is 1.64 bits per heavy atom. The van der Waals surface area contributed by atoms with E-state index in [1.165, 1.54) is 4.90 Å². The smallest absolute Gasteiger partial charge is 0.244 e. The number of benzene rings is 2. The van der Waals surface area contributed by atoms with Gasteiger partial charge in [-0.3, -0.25) is 13.9 Å². The van der Waals surface area contributed by atoms with E-state index in [0.29, 0.717) is 5.69 Å². The molecule has 0 unspecified atom stereocenters. The molecular formula is C24H32BrN3O4S. The lowest BCUT2D eigenvalue weighted by molar-refractivity contribution is -0.139. The Balaban J connectivity index is 2.41. The van der Waals surface area contributed by atoms with Crippen LogP contribution in [-0.2, 0) is 26.2 Å². The molecule has 0 aliphatic carbocycles. The molecule has 0 heterocycles. The number of rotatable bonds is 9. The van der Waals surface area contributed by atoms with Crippen LogP contribution in [0.3, 0.4) is 0 Å². The monoisotopic (exact) mass is 537 g/mol. The third kappa shape index (κ3) is 7.57. The summed E-state index contributed by atoms with van der Waals surface area (Å²) in [6.07, 6.45) is 1.08. The van der Waals surface area contributed by atoms with E-state index in [4.69, 9.17) is 0 Å². The van der Waals surface area contributed by atoms with E-state index < -0.39 is 28.5 Å². The van der Waals surface area contributed by atoms with Crippen LogP contribution in [0.2, 0.25) is 0 Å². The van der Waals surface area contributed by atoms with Crippen molar-refractivity contribution >= 4 is 43.5 Å². The molecule has 2 aromatic rings. The highest BCUT2D eigenvalue weighted by Crippen LogP contribution is 2.24. The van der Waals surface area contributed by atoms with Gasteiger partial charge in [-0.2, -0.15) is 0 Å². The first kappa shape index (κ1) is 26.9. The van der Waals surface area contributed by atoms with Crippen molar-refractivity contribution in [1.82, 2.24) is 10.2 Å². The van der Waals surface area contributed by atoms with Crippen molar-refractivity contribution in [1.29, 1.82) is 0 Å². The van der Waals surface area contributed by atoms with Crippen LogP contribution in [0.4, 0.5) is 5.69 Å². The topological polar surface area (TPSA) is 86.8 Å². The van der Waals surface area contributed by atoms with Crippen LogP contribution in [0.25, 0.3) is 0 Å². The molecule has 1 atom stereocenters. The zero-order chi connectivity index (χ0) is 24.9. The maximum Gasteiger partial charge on any atom is 0.244 e. The quantitative estimate of drug-likeness (QED) is 0.527. The summed E-state index contributed by atoms with van der Waals surface area (Å²) in [5.41, 5.74) is 3.01. The Morgan fingerprint density at radius 1 is 1.03 bits per heavy atom. The molecule has 9 heteroatoms. The predicted octanol–water partition coefficient (Wildman–Crippen LogP) is 3.77. The normalized spacial score (nSPS) is 12.4. The fraction of sp³-hybridized carbons (Fsp3) is 0.417. The number of aryl methyl sites for hydroxylation is 2. The van der Waals surface area contributed by atoms with Gasteiger partial charge in [0.1, 0.15) is 12.6 Å². The molecule has 0 bridgehead atoms. The lowest BCUT2D eigenvalue weighted by atomic mass is 10.1. The number of nitrogens with zero attached hydrogens (tertiary/aromatic N) is 2. The Kier molecular flexibility index (Phi) is 9.08. The molecule has 2 aromatic carbocycles. The highest BCUT2D eigenvalue weighted by molar-refractivity contribution is 9.10. The van der Waals surface area contributed by atoms with Crippen LogP contribution in [0.5, 0.6) is 0 Å². The first-order valence-corrected chi connectivity index (χ1v) is 13.3. The minimum absolute atomic E-state index is 0.0905. The van der Waals surface area contributed by atoms with Gasteiger partial charge < -0.3 is 10.2 Å². The average molecular weight is 539 g/mol. The van der Waals surface area contributed by atoms with Crippen LogP contribution in [0, 0.1) is 13.8 Å². The van der Waals surface area contributed by atoms with Gasteiger partial charge in [-0.15, -0.1) is 0 Å². The summed E-state index contributed by atoms with van der Waals surface area (Å²) in [5, 5.41) is 2.83.